The Morgan fingerprint density at radius 1 is 0.246 bits per heavy atom. The molecule has 0 atom stereocenters. The van der Waals surface area contributed by atoms with E-state index >= 15 is 0 Å². The summed E-state index contributed by atoms with van der Waals surface area (Å²) < 4.78 is 7.17. The fraction of sp³-hybridized carbons (Fsp3) is 0.0345. The second kappa shape index (κ2) is 15.7. The number of para-hydroxylation sites is 5. The third-order valence-electron chi connectivity index (χ3n) is 11.8. The Morgan fingerprint density at radius 2 is 0.475 bits per heavy atom. The Balaban J connectivity index is 0.00000108. The highest BCUT2D eigenvalue weighted by Gasteiger charge is 2.18. The molecule has 3 heteroatoms. The third kappa shape index (κ3) is 6.13. The lowest BCUT2D eigenvalue weighted by Gasteiger charge is -2.09. The lowest BCUT2D eigenvalue weighted by Crippen LogP contribution is -1.93. The zero-order valence-electron chi connectivity index (χ0n) is 34.5. The molecule has 0 bridgehead atoms. The van der Waals surface area contributed by atoms with Crippen LogP contribution < -0.4 is 0 Å². The van der Waals surface area contributed by atoms with Crippen LogP contribution in [-0.4, -0.2) is 13.7 Å². The molecular formula is C58H45N3. The minimum Gasteiger partial charge on any atom is -0.309 e. The van der Waals surface area contributed by atoms with Gasteiger partial charge < -0.3 is 13.7 Å². The van der Waals surface area contributed by atoms with Crippen LogP contribution in [0.4, 0.5) is 0 Å². The van der Waals surface area contributed by atoms with Gasteiger partial charge in [0.25, 0.3) is 0 Å². The largest absolute Gasteiger partial charge is 0.309 e. The number of hydrogen-bond donors (Lipinski definition) is 0. The maximum absolute atomic E-state index is 3.00. The average molecular weight is 784 g/mol. The summed E-state index contributed by atoms with van der Waals surface area (Å²) in [6, 6.07) is 77.4. The number of fused-ring (bicyclic) bond motifs is 9. The SMILES string of the molecule is C=C.CC.c1ccc(-n2c3ccccc3c3cc(-c4ccc5c(c4)c4cc(-c6ccc7c(c6)c6ccccc6n7-c6ccccc6)ccc4n5-c4ccccc4)ccc32)cc1. The molecule has 0 N–H and O–H groups in total. The quantitative estimate of drug-likeness (QED) is 0.154. The van der Waals surface area contributed by atoms with Gasteiger partial charge >= 0.3 is 0 Å². The van der Waals surface area contributed by atoms with Crippen molar-refractivity contribution in [2.75, 3.05) is 0 Å². The molecule has 0 aliphatic heterocycles. The van der Waals surface area contributed by atoms with Crippen molar-refractivity contribution in [2.45, 2.75) is 13.8 Å². The van der Waals surface area contributed by atoms with Gasteiger partial charge in [0.1, 0.15) is 0 Å². The van der Waals surface area contributed by atoms with Gasteiger partial charge in [0, 0.05) is 49.4 Å². The van der Waals surface area contributed by atoms with Crippen LogP contribution in [0.25, 0.3) is 105 Å². The smallest absolute Gasteiger partial charge is 0.0541 e. The van der Waals surface area contributed by atoms with Crippen molar-refractivity contribution >= 4 is 65.4 Å². The van der Waals surface area contributed by atoms with E-state index in [0.717, 1.165) is 5.69 Å². The van der Waals surface area contributed by atoms with Crippen molar-refractivity contribution in [3.05, 3.63) is 225 Å². The van der Waals surface area contributed by atoms with Crippen LogP contribution in [0, 0.1) is 0 Å². The van der Waals surface area contributed by atoms with E-state index in [9.17, 15) is 0 Å². The van der Waals surface area contributed by atoms with Gasteiger partial charge in [-0.2, -0.15) is 0 Å². The van der Waals surface area contributed by atoms with Gasteiger partial charge in [-0.1, -0.05) is 129 Å². The molecule has 0 aliphatic rings. The molecule has 3 nitrogen and oxygen atoms in total. The van der Waals surface area contributed by atoms with Crippen LogP contribution in [0.1, 0.15) is 13.8 Å². The molecule has 61 heavy (non-hydrogen) atoms. The zero-order chi connectivity index (χ0) is 41.5. The second-order valence-electron chi connectivity index (χ2n) is 15.0. The first-order chi connectivity index (χ1) is 30.3. The van der Waals surface area contributed by atoms with E-state index in [-0.39, 0.29) is 0 Å². The van der Waals surface area contributed by atoms with Gasteiger partial charge in [0.15, 0.2) is 0 Å². The van der Waals surface area contributed by atoms with Gasteiger partial charge in [-0.05, 0) is 119 Å². The fourth-order valence-electron chi connectivity index (χ4n) is 9.25. The predicted octanol–water partition coefficient (Wildman–Crippen LogP) is 16.1. The Hall–Kier alpha value is -7.88. The van der Waals surface area contributed by atoms with Gasteiger partial charge in [-0.15, -0.1) is 13.2 Å². The standard InChI is InChI=1S/C54H35N3.C2H6.C2H4/c1-4-14-40(15-5-1)55-49-22-12-10-20-43(49)45-32-36(24-28-51(45)55)38-26-30-53-47(34-38)48-35-39(27-31-54(48)57(53)42-18-8-3-9-19-42)37-25-29-52-46(33-37)44-21-11-13-23-50(44)56(52)41-16-6-2-7-17-41;2*1-2/h1-35H;1-2H3;1-2H2. The summed E-state index contributed by atoms with van der Waals surface area (Å²) in [7, 11) is 0. The number of aromatic nitrogens is 3. The predicted molar refractivity (Wildman–Crippen MR) is 263 cm³/mol. The summed E-state index contributed by atoms with van der Waals surface area (Å²) >= 11 is 0. The molecule has 0 fully saturated rings. The Morgan fingerprint density at radius 3 is 0.770 bits per heavy atom. The molecule has 12 rings (SSSR count). The summed E-state index contributed by atoms with van der Waals surface area (Å²) in [5.41, 5.74) is 15.6. The normalized spacial score (nSPS) is 11.2. The van der Waals surface area contributed by atoms with Crippen molar-refractivity contribution in [3.63, 3.8) is 0 Å². The molecule has 12 aromatic rings. The van der Waals surface area contributed by atoms with E-state index in [0.29, 0.717) is 0 Å². The van der Waals surface area contributed by atoms with Gasteiger partial charge in [0.05, 0.1) is 33.1 Å². The molecule has 3 heterocycles. The second-order valence-corrected chi connectivity index (χ2v) is 15.0. The van der Waals surface area contributed by atoms with Crippen LogP contribution in [0.15, 0.2) is 225 Å². The topological polar surface area (TPSA) is 14.8 Å². The number of hydrogen-bond acceptors (Lipinski definition) is 0. The molecule has 3 aromatic heterocycles. The molecule has 0 saturated carbocycles. The zero-order valence-corrected chi connectivity index (χ0v) is 34.5. The summed E-state index contributed by atoms with van der Waals surface area (Å²) in [6.07, 6.45) is 0. The first-order valence-electron chi connectivity index (χ1n) is 21.1. The number of nitrogens with zero attached hydrogens (tertiary/aromatic N) is 3. The molecule has 292 valence electrons. The van der Waals surface area contributed by atoms with Crippen LogP contribution in [0.3, 0.4) is 0 Å². The lowest BCUT2D eigenvalue weighted by atomic mass is 9.98. The molecular weight excluding hydrogens is 739 g/mol. The first kappa shape index (κ1) is 37.4. The van der Waals surface area contributed by atoms with E-state index in [1.807, 2.05) is 13.8 Å². The van der Waals surface area contributed by atoms with E-state index < -0.39 is 0 Å². The maximum atomic E-state index is 3.00. The van der Waals surface area contributed by atoms with Crippen molar-refractivity contribution in [1.29, 1.82) is 0 Å². The average Bonchev–Trinajstić information content (AvgIpc) is 3.98. The first-order valence-corrected chi connectivity index (χ1v) is 21.1. The summed E-state index contributed by atoms with van der Waals surface area (Å²) in [4.78, 5) is 0. The minimum absolute atomic E-state index is 1.16. The van der Waals surface area contributed by atoms with Crippen LogP contribution in [-0.2, 0) is 0 Å². The van der Waals surface area contributed by atoms with Crippen LogP contribution in [0.2, 0.25) is 0 Å². The van der Waals surface area contributed by atoms with Gasteiger partial charge in [0.2, 0.25) is 0 Å². The fourth-order valence-corrected chi connectivity index (χ4v) is 9.25. The third-order valence-corrected chi connectivity index (χ3v) is 11.8. The number of rotatable bonds is 5. The molecule has 0 amide bonds. The van der Waals surface area contributed by atoms with E-state index in [2.05, 4.69) is 239 Å². The highest BCUT2D eigenvalue weighted by Crippen LogP contribution is 2.41. The Labute approximate surface area is 356 Å². The Bertz CT molecular complexity index is 3300. The van der Waals surface area contributed by atoms with E-state index in [4.69, 9.17) is 0 Å². The summed E-state index contributed by atoms with van der Waals surface area (Å²) in [5, 5.41) is 7.50. The van der Waals surface area contributed by atoms with Crippen molar-refractivity contribution in [3.8, 4) is 39.3 Å². The molecule has 0 aliphatic carbocycles. The number of benzene rings is 9. The van der Waals surface area contributed by atoms with Crippen molar-refractivity contribution in [1.82, 2.24) is 13.7 Å². The summed E-state index contributed by atoms with van der Waals surface area (Å²) in [6.45, 7) is 10.0. The van der Waals surface area contributed by atoms with Gasteiger partial charge in [-0.25, -0.2) is 0 Å². The monoisotopic (exact) mass is 783 g/mol. The Kier molecular flexibility index (Phi) is 9.63. The lowest BCUT2D eigenvalue weighted by molar-refractivity contribution is 1.18. The van der Waals surface area contributed by atoms with Crippen LogP contribution in [0.5, 0.6) is 0 Å². The van der Waals surface area contributed by atoms with E-state index in [1.54, 1.807) is 0 Å². The highest BCUT2D eigenvalue weighted by molar-refractivity contribution is 6.14. The minimum atomic E-state index is 1.16. The molecule has 0 radical (unpaired) electrons. The van der Waals surface area contributed by atoms with E-state index in [1.165, 1.54) is 99.0 Å². The van der Waals surface area contributed by atoms with Crippen LogP contribution >= 0.6 is 0 Å². The van der Waals surface area contributed by atoms with Crippen molar-refractivity contribution in [2.24, 2.45) is 0 Å². The summed E-state index contributed by atoms with van der Waals surface area (Å²) in [5.74, 6) is 0. The molecule has 0 unspecified atom stereocenters. The van der Waals surface area contributed by atoms with Gasteiger partial charge in [-0.3, -0.25) is 0 Å². The molecule has 9 aromatic carbocycles. The molecule has 0 saturated heterocycles. The maximum Gasteiger partial charge on any atom is 0.0541 e. The van der Waals surface area contributed by atoms with Crippen molar-refractivity contribution < 1.29 is 0 Å². The molecule has 0 spiro atoms. The highest BCUT2D eigenvalue weighted by atomic mass is 15.0.